The molecule has 0 aliphatic carbocycles. The van der Waals surface area contributed by atoms with Crippen LogP contribution in [0.25, 0.3) is 11.2 Å². The number of nitrogens with zero attached hydrogens (tertiary/aromatic N) is 4. The molecule has 0 saturated heterocycles. The van der Waals surface area contributed by atoms with Crippen molar-refractivity contribution in [3.8, 4) is 0 Å². The highest BCUT2D eigenvalue weighted by atomic mass is 35.5. The van der Waals surface area contributed by atoms with Crippen LogP contribution in [0.2, 0.25) is 5.02 Å². The molecule has 0 fully saturated rings. The number of unbranched alkanes of at least 4 members (excludes halogenated alkanes) is 1. The predicted molar refractivity (Wildman–Crippen MR) is 104 cm³/mol. The molecule has 0 bridgehead atoms. The summed E-state index contributed by atoms with van der Waals surface area (Å²) in [6.45, 7) is 3.05. The summed E-state index contributed by atoms with van der Waals surface area (Å²) in [6, 6.07) is 7.09. The number of aryl methyl sites for hydroxylation is 2. The maximum atomic E-state index is 13.0. The van der Waals surface area contributed by atoms with Gasteiger partial charge in [0.15, 0.2) is 11.2 Å². The lowest BCUT2D eigenvalue weighted by molar-refractivity contribution is 0.655. The minimum atomic E-state index is -0.393. The van der Waals surface area contributed by atoms with E-state index in [9.17, 15) is 9.59 Å². The Morgan fingerprint density at radius 2 is 1.81 bits per heavy atom. The molecular formula is C18H22ClN5O2. The van der Waals surface area contributed by atoms with Gasteiger partial charge in [-0.2, -0.15) is 4.98 Å². The van der Waals surface area contributed by atoms with Crippen LogP contribution in [0.4, 0.5) is 5.95 Å². The largest absolute Gasteiger partial charge is 0.356 e. The van der Waals surface area contributed by atoms with Gasteiger partial charge >= 0.3 is 5.69 Å². The van der Waals surface area contributed by atoms with Gasteiger partial charge < -0.3 is 9.88 Å². The molecule has 1 aromatic carbocycles. The van der Waals surface area contributed by atoms with Gasteiger partial charge in [0, 0.05) is 25.7 Å². The molecule has 138 valence electrons. The van der Waals surface area contributed by atoms with Gasteiger partial charge in [-0.25, -0.2) is 4.79 Å². The first kappa shape index (κ1) is 18.3. The van der Waals surface area contributed by atoms with Gasteiger partial charge in [0.05, 0.1) is 6.54 Å². The fourth-order valence-electron chi connectivity index (χ4n) is 2.89. The third-order valence-electron chi connectivity index (χ3n) is 4.43. The quantitative estimate of drug-likeness (QED) is 0.671. The summed E-state index contributed by atoms with van der Waals surface area (Å²) in [5.41, 5.74) is 0.873. The molecule has 0 radical (unpaired) electrons. The summed E-state index contributed by atoms with van der Waals surface area (Å²) in [4.78, 5) is 30.1. The number of benzene rings is 1. The molecule has 2 aromatic heterocycles. The van der Waals surface area contributed by atoms with Gasteiger partial charge in [-0.3, -0.25) is 13.9 Å². The number of aromatic nitrogens is 4. The maximum Gasteiger partial charge on any atom is 0.332 e. The Hall–Kier alpha value is -2.54. The Morgan fingerprint density at radius 1 is 1.12 bits per heavy atom. The normalized spacial score (nSPS) is 11.2. The summed E-state index contributed by atoms with van der Waals surface area (Å²) < 4.78 is 4.35. The Morgan fingerprint density at radius 3 is 2.46 bits per heavy atom. The third-order valence-corrected chi connectivity index (χ3v) is 4.68. The molecule has 26 heavy (non-hydrogen) atoms. The number of anilines is 1. The van der Waals surface area contributed by atoms with Crippen LogP contribution in [0.15, 0.2) is 33.9 Å². The summed E-state index contributed by atoms with van der Waals surface area (Å²) >= 11 is 5.90. The minimum absolute atomic E-state index is 0.183. The maximum absolute atomic E-state index is 13.0. The van der Waals surface area contributed by atoms with Crippen LogP contribution < -0.4 is 16.6 Å². The topological polar surface area (TPSA) is 73.8 Å². The lowest BCUT2D eigenvalue weighted by Gasteiger charge is -2.09. The van der Waals surface area contributed by atoms with Crippen molar-refractivity contribution in [3.63, 3.8) is 0 Å². The Balaban J connectivity index is 2.10. The van der Waals surface area contributed by atoms with Crippen molar-refractivity contribution in [3.05, 3.63) is 55.7 Å². The number of rotatable bonds is 6. The Bertz CT molecular complexity index is 1050. The van der Waals surface area contributed by atoms with Gasteiger partial charge in [-0.05, 0) is 24.1 Å². The molecule has 0 amide bonds. The van der Waals surface area contributed by atoms with E-state index < -0.39 is 5.69 Å². The molecule has 1 N–H and O–H groups in total. The smallest absolute Gasteiger partial charge is 0.332 e. The molecular weight excluding hydrogens is 354 g/mol. The summed E-state index contributed by atoms with van der Waals surface area (Å²) in [7, 11) is 3.41. The van der Waals surface area contributed by atoms with E-state index in [1.54, 1.807) is 42.9 Å². The minimum Gasteiger partial charge on any atom is -0.356 e. The molecule has 0 atom stereocenters. The molecule has 7 nitrogen and oxygen atoms in total. The van der Waals surface area contributed by atoms with Crippen LogP contribution in [0, 0.1) is 0 Å². The third kappa shape index (κ3) is 3.26. The highest BCUT2D eigenvalue weighted by molar-refractivity contribution is 6.30. The average molecular weight is 376 g/mol. The van der Waals surface area contributed by atoms with Crippen LogP contribution in [0.1, 0.15) is 25.3 Å². The van der Waals surface area contributed by atoms with Crippen molar-refractivity contribution < 1.29 is 0 Å². The van der Waals surface area contributed by atoms with Gasteiger partial charge in [0.1, 0.15) is 0 Å². The predicted octanol–water partition coefficient (Wildman–Crippen LogP) is 2.35. The van der Waals surface area contributed by atoms with Crippen molar-refractivity contribution in [2.75, 3.05) is 11.9 Å². The van der Waals surface area contributed by atoms with Gasteiger partial charge in [-0.1, -0.05) is 37.1 Å². The number of hydrogen-bond acceptors (Lipinski definition) is 4. The van der Waals surface area contributed by atoms with Crippen molar-refractivity contribution in [1.29, 1.82) is 0 Å². The van der Waals surface area contributed by atoms with E-state index in [-0.39, 0.29) is 12.1 Å². The number of nitrogens with one attached hydrogen (secondary N) is 1. The van der Waals surface area contributed by atoms with E-state index in [0.717, 1.165) is 24.9 Å². The molecule has 0 aliphatic heterocycles. The Kier molecular flexibility index (Phi) is 5.18. The summed E-state index contributed by atoms with van der Waals surface area (Å²) in [5.74, 6) is 0.588. The van der Waals surface area contributed by atoms with E-state index in [2.05, 4.69) is 17.2 Å². The molecule has 8 heteroatoms. The summed E-state index contributed by atoms with van der Waals surface area (Å²) in [6.07, 6.45) is 2.06. The first-order valence-corrected chi connectivity index (χ1v) is 8.96. The first-order valence-electron chi connectivity index (χ1n) is 8.58. The van der Waals surface area contributed by atoms with Crippen LogP contribution in [-0.4, -0.2) is 25.2 Å². The van der Waals surface area contributed by atoms with Crippen LogP contribution in [0.3, 0.4) is 0 Å². The second-order valence-electron chi connectivity index (χ2n) is 6.31. The summed E-state index contributed by atoms with van der Waals surface area (Å²) in [5, 5.41) is 3.84. The van der Waals surface area contributed by atoms with Crippen molar-refractivity contribution >= 4 is 28.7 Å². The fraction of sp³-hybridized carbons (Fsp3) is 0.389. The van der Waals surface area contributed by atoms with E-state index in [1.165, 1.54) is 9.13 Å². The second-order valence-corrected chi connectivity index (χ2v) is 6.74. The van der Waals surface area contributed by atoms with E-state index >= 15 is 0 Å². The number of fused-ring (bicyclic) bond motifs is 1. The number of halogens is 1. The van der Waals surface area contributed by atoms with Gasteiger partial charge in [0.2, 0.25) is 5.95 Å². The monoisotopic (exact) mass is 375 g/mol. The fourth-order valence-corrected chi connectivity index (χ4v) is 3.02. The molecule has 0 saturated carbocycles. The second kappa shape index (κ2) is 7.37. The first-order chi connectivity index (χ1) is 12.4. The highest BCUT2D eigenvalue weighted by Gasteiger charge is 2.18. The van der Waals surface area contributed by atoms with Gasteiger partial charge in [-0.15, -0.1) is 0 Å². The van der Waals surface area contributed by atoms with E-state index in [1.807, 2.05) is 0 Å². The number of hydrogen-bond donors (Lipinski definition) is 1. The zero-order valence-corrected chi connectivity index (χ0v) is 15.9. The SMILES string of the molecule is CCCCNc1nc2c(c(=O)n(Cc3ccc(Cl)cc3)c(=O)n2C)n1C. The van der Waals surface area contributed by atoms with Crippen LogP contribution >= 0.6 is 11.6 Å². The molecule has 2 heterocycles. The van der Waals surface area contributed by atoms with Crippen LogP contribution in [0.5, 0.6) is 0 Å². The lowest BCUT2D eigenvalue weighted by Crippen LogP contribution is -2.39. The molecule has 0 unspecified atom stereocenters. The van der Waals surface area contributed by atoms with Crippen molar-refractivity contribution in [2.24, 2.45) is 14.1 Å². The van der Waals surface area contributed by atoms with Crippen LogP contribution in [-0.2, 0) is 20.6 Å². The standard InChI is InChI=1S/C18H22ClN5O2/c1-4-5-10-20-17-21-15-14(22(17)2)16(25)24(18(26)23(15)3)11-12-6-8-13(19)9-7-12/h6-9H,4-5,10-11H2,1-3H3,(H,20,21). The molecule has 0 spiro atoms. The molecule has 0 aliphatic rings. The van der Waals surface area contributed by atoms with Crippen molar-refractivity contribution in [1.82, 2.24) is 18.7 Å². The average Bonchev–Trinajstić information content (AvgIpc) is 2.96. The Labute approximate surface area is 155 Å². The zero-order chi connectivity index (χ0) is 18.8. The highest BCUT2D eigenvalue weighted by Crippen LogP contribution is 2.14. The van der Waals surface area contributed by atoms with Gasteiger partial charge in [0.25, 0.3) is 5.56 Å². The molecule has 3 aromatic rings. The molecule has 3 rings (SSSR count). The number of imidazole rings is 1. The van der Waals surface area contributed by atoms with Crippen molar-refractivity contribution in [2.45, 2.75) is 26.3 Å². The zero-order valence-electron chi connectivity index (χ0n) is 15.1. The van der Waals surface area contributed by atoms with E-state index in [0.29, 0.717) is 22.1 Å². The lowest BCUT2D eigenvalue weighted by atomic mass is 10.2. The van der Waals surface area contributed by atoms with E-state index in [4.69, 9.17) is 11.6 Å².